The van der Waals surface area contributed by atoms with Crippen molar-refractivity contribution >= 4 is 40.0 Å². The predicted molar refractivity (Wildman–Crippen MR) is 113 cm³/mol. The Morgan fingerprint density at radius 2 is 2.09 bits per heavy atom. The molecule has 0 aromatic carbocycles. The maximum Gasteiger partial charge on any atom is 0.406 e. The van der Waals surface area contributed by atoms with Gasteiger partial charge in [-0.1, -0.05) is 0 Å². The molecular formula is C20H20F3N7O3. The van der Waals surface area contributed by atoms with Crippen LogP contribution in [-0.2, 0) is 18.4 Å². The molecule has 1 aliphatic carbocycles. The third kappa shape index (κ3) is 4.66. The summed E-state index contributed by atoms with van der Waals surface area (Å²) in [6.45, 7) is -4.34. The molecule has 1 aliphatic rings. The summed E-state index contributed by atoms with van der Waals surface area (Å²) in [6.07, 6.45) is -1.18. The number of fused-ring (bicyclic) bond motifs is 1. The van der Waals surface area contributed by atoms with Crippen LogP contribution in [0.25, 0.3) is 10.9 Å². The molecule has 4 rings (SSSR count). The minimum atomic E-state index is -4.65. The number of nitrogens with one attached hydrogen (secondary N) is 3. The number of amides is 2. The first-order valence-electron chi connectivity index (χ1n) is 11.3. The van der Waals surface area contributed by atoms with E-state index in [9.17, 15) is 27.6 Å². The van der Waals surface area contributed by atoms with Crippen LogP contribution in [0.4, 0.5) is 30.5 Å². The molecule has 0 aliphatic heterocycles. The number of hydrogen-bond acceptors (Lipinski definition) is 6. The normalized spacial score (nSPS) is 15.5. The quantitative estimate of drug-likeness (QED) is 0.512. The number of alkyl halides is 3. The van der Waals surface area contributed by atoms with Crippen molar-refractivity contribution < 1.29 is 26.9 Å². The summed E-state index contributed by atoms with van der Waals surface area (Å²) in [7, 11) is 1.47. The van der Waals surface area contributed by atoms with Crippen molar-refractivity contribution in [2.45, 2.75) is 25.6 Å². The summed E-state index contributed by atoms with van der Waals surface area (Å²) in [4.78, 5) is 41.6. The molecule has 1 fully saturated rings. The van der Waals surface area contributed by atoms with Crippen LogP contribution in [0, 0.1) is 5.92 Å². The number of carbonyl (C=O) groups is 2. The van der Waals surface area contributed by atoms with Gasteiger partial charge in [0.05, 0.1) is 16.8 Å². The molecule has 0 unspecified atom stereocenters. The van der Waals surface area contributed by atoms with Gasteiger partial charge < -0.3 is 20.5 Å². The highest BCUT2D eigenvalue weighted by atomic mass is 19.4. The van der Waals surface area contributed by atoms with Crippen molar-refractivity contribution in [1.29, 1.82) is 0 Å². The van der Waals surface area contributed by atoms with Crippen molar-refractivity contribution in [3.8, 4) is 0 Å². The number of rotatable bonds is 6. The van der Waals surface area contributed by atoms with Gasteiger partial charge in [-0.15, -0.1) is 0 Å². The Morgan fingerprint density at radius 1 is 1.33 bits per heavy atom. The molecule has 0 atom stereocenters. The molecule has 10 nitrogen and oxygen atoms in total. The summed E-state index contributed by atoms with van der Waals surface area (Å²) >= 11 is 0. The monoisotopic (exact) mass is 466 g/mol. The van der Waals surface area contributed by atoms with E-state index in [2.05, 4.69) is 20.7 Å². The average molecular weight is 466 g/mol. The minimum Gasteiger partial charge on any atom is -0.355 e. The number of aryl methyl sites for hydroxylation is 1. The maximum atomic E-state index is 12.9. The number of anilines is 3. The van der Waals surface area contributed by atoms with Crippen molar-refractivity contribution in [2.75, 3.05) is 17.6 Å². The highest BCUT2D eigenvalue weighted by Gasteiger charge is 2.31. The standard InChI is InChI=1S/C20H20F3N7O3/c1-24-18(32)11-8-25-14(27-17(31)10-3-4-10)7-12(11)26-16-15-13(29(2)28-16)5-6-30(19(15)33)9-20(21,22)23/h5-8,10H,3-4,9H2,1-2H3,(H,24,32)(H2,25,26,27,28,31)/i1D3. The average Bonchev–Trinajstić information content (AvgIpc) is 3.53. The summed E-state index contributed by atoms with van der Waals surface area (Å²) in [5.41, 5.74) is -1.11. The van der Waals surface area contributed by atoms with Gasteiger partial charge in [-0.25, -0.2) is 4.98 Å². The Morgan fingerprint density at radius 3 is 2.76 bits per heavy atom. The SMILES string of the molecule is [2H]C([2H])([2H])NC(=O)c1cnc(NC(=O)C2CC2)cc1Nc1nn(C)c2ccn(CC(F)(F)F)c(=O)c12. The topological polar surface area (TPSA) is 123 Å². The predicted octanol–water partition coefficient (Wildman–Crippen LogP) is 2.14. The Balaban J connectivity index is 1.78. The number of carbonyl (C=O) groups excluding carboxylic acids is 2. The second kappa shape index (κ2) is 8.22. The van der Waals surface area contributed by atoms with E-state index in [-0.39, 0.29) is 45.6 Å². The highest BCUT2D eigenvalue weighted by Crippen LogP contribution is 2.31. The first-order chi connectivity index (χ1) is 16.7. The first-order valence-corrected chi connectivity index (χ1v) is 9.75. The lowest BCUT2D eigenvalue weighted by atomic mass is 10.2. The molecule has 0 radical (unpaired) electrons. The fourth-order valence-electron chi connectivity index (χ4n) is 3.29. The molecule has 3 N–H and O–H groups in total. The zero-order chi connectivity index (χ0) is 26.4. The number of halogens is 3. The zero-order valence-electron chi connectivity index (χ0n) is 20.2. The smallest absolute Gasteiger partial charge is 0.355 e. The zero-order valence-corrected chi connectivity index (χ0v) is 17.2. The van der Waals surface area contributed by atoms with Crippen LogP contribution in [0.2, 0.25) is 0 Å². The minimum absolute atomic E-state index is 0.0366. The molecule has 0 spiro atoms. The second-order valence-corrected chi connectivity index (χ2v) is 7.55. The van der Waals surface area contributed by atoms with Crippen LogP contribution >= 0.6 is 0 Å². The molecule has 0 bridgehead atoms. The van der Waals surface area contributed by atoms with Crippen molar-refractivity contribution in [1.82, 2.24) is 24.6 Å². The number of nitrogens with zero attached hydrogens (tertiary/aromatic N) is 4. The van der Waals surface area contributed by atoms with E-state index in [1.54, 1.807) is 0 Å². The Labute approximate surface area is 189 Å². The molecule has 3 aromatic heterocycles. The molecule has 13 heteroatoms. The van der Waals surface area contributed by atoms with E-state index >= 15 is 0 Å². The van der Waals surface area contributed by atoms with Crippen LogP contribution in [0.1, 0.15) is 27.3 Å². The number of aromatic nitrogens is 4. The summed E-state index contributed by atoms with van der Waals surface area (Å²) < 4.78 is 62.4. The van der Waals surface area contributed by atoms with Gasteiger partial charge in [-0.2, -0.15) is 18.3 Å². The number of pyridine rings is 2. The number of hydrogen-bond donors (Lipinski definition) is 3. The van der Waals surface area contributed by atoms with Gasteiger partial charge in [-0.3, -0.25) is 19.1 Å². The van der Waals surface area contributed by atoms with Crippen LogP contribution in [0.15, 0.2) is 29.3 Å². The van der Waals surface area contributed by atoms with Crippen molar-refractivity contribution in [2.24, 2.45) is 13.0 Å². The van der Waals surface area contributed by atoms with Gasteiger partial charge in [0.25, 0.3) is 11.5 Å². The lowest BCUT2D eigenvalue weighted by molar-refractivity contribution is -0.141. The van der Waals surface area contributed by atoms with E-state index in [0.29, 0.717) is 4.57 Å². The van der Waals surface area contributed by atoms with Crippen LogP contribution < -0.4 is 21.5 Å². The van der Waals surface area contributed by atoms with E-state index < -0.39 is 31.2 Å². The lowest BCUT2D eigenvalue weighted by Gasteiger charge is -2.12. The van der Waals surface area contributed by atoms with Crippen LogP contribution in [-0.4, -0.2) is 44.3 Å². The Kier molecular flexibility index (Phi) is 4.65. The van der Waals surface area contributed by atoms with Gasteiger partial charge in [0.2, 0.25) is 5.91 Å². The molecular weight excluding hydrogens is 443 g/mol. The fourth-order valence-corrected chi connectivity index (χ4v) is 3.29. The van der Waals surface area contributed by atoms with E-state index in [1.807, 2.05) is 5.32 Å². The molecule has 2 amide bonds. The highest BCUT2D eigenvalue weighted by molar-refractivity contribution is 6.02. The largest absolute Gasteiger partial charge is 0.406 e. The molecule has 174 valence electrons. The molecule has 33 heavy (non-hydrogen) atoms. The lowest BCUT2D eigenvalue weighted by Crippen LogP contribution is -2.27. The first kappa shape index (κ1) is 18.7. The molecule has 3 aromatic rings. The van der Waals surface area contributed by atoms with Gasteiger partial charge >= 0.3 is 6.18 Å². The van der Waals surface area contributed by atoms with Crippen molar-refractivity contribution in [3.05, 3.63) is 40.4 Å². The summed E-state index contributed by atoms with van der Waals surface area (Å²) in [6, 6.07) is 2.53. The van der Waals surface area contributed by atoms with Gasteiger partial charge in [-0.05, 0) is 18.9 Å². The summed E-state index contributed by atoms with van der Waals surface area (Å²) in [5.74, 6) is -1.63. The van der Waals surface area contributed by atoms with E-state index in [1.165, 1.54) is 23.9 Å². The Bertz CT molecular complexity index is 1410. The van der Waals surface area contributed by atoms with Gasteiger partial charge in [0, 0.05) is 42.5 Å². The Hall–Kier alpha value is -3.90. The molecule has 3 heterocycles. The van der Waals surface area contributed by atoms with Crippen LogP contribution in [0.5, 0.6) is 0 Å². The van der Waals surface area contributed by atoms with E-state index in [4.69, 9.17) is 4.11 Å². The van der Waals surface area contributed by atoms with Crippen LogP contribution in [0.3, 0.4) is 0 Å². The van der Waals surface area contributed by atoms with Crippen molar-refractivity contribution in [3.63, 3.8) is 0 Å². The summed E-state index contributed by atoms with van der Waals surface area (Å²) in [5, 5.41) is 11.1. The third-order valence-electron chi connectivity index (χ3n) is 5.04. The van der Waals surface area contributed by atoms with E-state index in [0.717, 1.165) is 25.2 Å². The third-order valence-corrected chi connectivity index (χ3v) is 5.04. The van der Waals surface area contributed by atoms with Gasteiger partial charge in [0.15, 0.2) is 5.82 Å². The molecule has 0 saturated heterocycles. The fraction of sp³-hybridized carbons (Fsp3) is 0.350. The second-order valence-electron chi connectivity index (χ2n) is 7.55. The van der Waals surface area contributed by atoms with Gasteiger partial charge in [0.1, 0.15) is 17.7 Å². The molecule has 1 saturated carbocycles. The maximum absolute atomic E-state index is 12.9.